The molecule has 0 saturated carbocycles. The summed E-state index contributed by atoms with van der Waals surface area (Å²) in [5.74, 6) is 1.21. The molecule has 18 heavy (non-hydrogen) atoms. The van der Waals surface area contributed by atoms with Gasteiger partial charge in [0.1, 0.15) is 0 Å². The van der Waals surface area contributed by atoms with E-state index < -0.39 is 0 Å². The topological polar surface area (TPSA) is 0 Å². The van der Waals surface area contributed by atoms with Gasteiger partial charge in [0.15, 0.2) is 0 Å². The molecule has 102 valence electrons. The minimum atomic E-state index is 0.494. The molecule has 0 aliphatic heterocycles. The molecule has 1 rings (SSSR count). The predicted molar refractivity (Wildman–Crippen MR) is 85.6 cm³/mol. The van der Waals surface area contributed by atoms with E-state index in [9.17, 15) is 0 Å². The molecule has 0 saturated heterocycles. The zero-order valence-corrected chi connectivity index (χ0v) is 13.6. The van der Waals surface area contributed by atoms with Crippen LogP contribution in [0.15, 0.2) is 28.7 Å². The van der Waals surface area contributed by atoms with E-state index in [1.54, 1.807) is 0 Å². The number of benzene rings is 1. The molecular formula is C16H24BrCl. The average Bonchev–Trinajstić information content (AvgIpc) is 2.39. The molecule has 0 fully saturated rings. The Morgan fingerprint density at radius 2 is 1.72 bits per heavy atom. The van der Waals surface area contributed by atoms with E-state index in [2.05, 4.69) is 47.1 Å². The van der Waals surface area contributed by atoms with Gasteiger partial charge in [-0.15, -0.1) is 11.6 Å². The van der Waals surface area contributed by atoms with Gasteiger partial charge in [-0.3, -0.25) is 0 Å². The van der Waals surface area contributed by atoms with Crippen LogP contribution in [0, 0.1) is 0 Å². The Morgan fingerprint density at radius 3 is 2.39 bits per heavy atom. The second-order valence-electron chi connectivity index (χ2n) is 4.93. The Hall–Kier alpha value is -0.0100. The highest BCUT2D eigenvalue weighted by atomic mass is 79.9. The van der Waals surface area contributed by atoms with Crippen LogP contribution in [0.3, 0.4) is 0 Å². The Kier molecular flexibility index (Phi) is 8.79. The van der Waals surface area contributed by atoms with Crippen LogP contribution in [0.1, 0.15) is 63.4 Å². The molecule has 0 spiro atoms. The zero-order valence-electron chi connectivity index (χ0n) is 11.3. The van der Waals surface area contributed by atoms with Crippen molar-refractivity contribution in [3.05, 3.63) is 34.3 Å². The van der Waals surface area contributed by atoms with Crippen molar-refractivity contribution in [2.45, 2.75) is 57.8 Å². The second kappa shape index (κ2) is 9.86. The quantitative estimate of drug-likeness (QED) is 0.357. The van der Waals surface area contributed by atoms with Crippen LogP contribution in [0.5, 0.6) is 0 Å². The molecule has 1 aromatic carbocycles. The third-order valence-corrected chi connectivity index (χ3v) is 4.53. The lowest BCUT2D eigenvalue weighted by Gasteiger charge is -2.15. The van der Waals surface area contributed by atoms with Crippen LogP contribution in [0.4, 0.5) is 0 Å². The fourth-order valence-electron chi connectivity index (χ4n) is 2.29. The van der Waals surface area contributed by atoms with Crippen molar-refractivity contribution in [2.75, 3.05) is 5.88 Å². The van der Waals surface area contributed by atoms with E-state index in [-0.39, 0.29) is 0 Å². The van der Waals surface area contributed by atoms with Crippen LogP contribution in [-0.2, 0) is 0 Å². The van der Waals surface area contributed by atoms with Crippen LogP contribution in [-0.4, -0.2) is 5.88 Å². The van der Waals surface area contributed by atoms with Gasteiger partial charge in [0.05, 0.1) is 0 Å². The molecule has 0 aromatic heterocycles. The fourth-order valence-corrected chi connectivity index (χ4v) is 3.22. The third-order valence-electron chi connectivity index (χ3n) is 3.44. The van der Waals surface area contributed by atoms with Gasteiger partial charge in [-0.25, -0.2) is 0 Å². The highest BCUT2D eigenvalue weighted by Crippen LogP contribution is 2.30. The molecule has 0 bridgehead atoms. The highest BCUT2D eigenvalue weighted by Gasteiger charge is 2.12. The molecule has 0 radical (unpaired) electrons. The first kappa shape index (κ1) is 16.0. The van der Waals surface area contributed by atoms with Gasteiger partial charge in [-0.05, 0) is 24.0 Å². The van der Waals surface area contributed by atoms with Crippen molar-refractivity contribution < 1.29 is 0 Å². The van der Waals surface area contributed by atoms with Crippen LogP contribution >= 0.6 is 27.5 Å². The molecule has 0 N–H and O–H groups in total. The Bertz CT molecular complexity index is 325. The molecule has 0 aliphatic rings. The normalized spacial score (nSPS) is 12.6. The van der Waals surface area contributed by atoms with Crippen LogP contribution < -0.4 is 0 Å². The standard InChI is InChI=1S/C16H24BrCl/c1-2-3-4-5-6-7-10-14(13-18)15-11-8-9-12-16(15)17/h8-9,11-12,14H,2-7,10,13H2,1H3. The number of hydrogen-bond donors (Lipinski definition) is 0. The summed E-state index contributed by atoms with van der Waals surface area (Å²) >= 11 is 9.74. The van der Waals surface area contributed by atoms with Gasteiger partial charge in [0.25, 0.3) is 0 Å². The highest BCUT2D eigenvalue weighted by molar-refractivity contribution is 9.10. The fraction of sp³-hybridized carbons (Fsp3) is 0.625. The van der Waals surface area contributed by atoms with E-state index in [1.165, 1.54) is 55.0 Å². The van der Waals surface area contributed by atoms with Crippen LogP contribution in [0.25, 0.3) is 0 Å². The minimum absolute atomic E-state index is 0.494. The lowest BCUT2D eigenvalue weighted by atomic mass is 9.94. The molecule has 1 aromatic rings. The SMILES string of the molecule is CCCCCCCCC(CCl)c1ccccc1Br. The Morgan fingerprint density at radius 1 is 1.06 bits per heavy atom. The summed E-state index contributed by atoms with van der Waals surface area (Å²) in [6.45, 7) is 2.26. The van der Waals surface area contributed by atoms with Crippen molar-refractivity contribution >= 4 is 27.5 Å². The van der Waals surface area contributed by atoms with E-state index in [0.29, 0.717) is 5.92 Å². The van der Waals surface area contributed by atoms with Crippen LogP contribution in [0.2, 0.25) is 0 Å². The van der Waals surface area contributed by atoms with Gasteiger partial charge in [-0.1, -0.05) is 79.6 Å². The van der Waals surface area contributed by atoms with Gasteiger partial charge in [0, 0.05) is 10.4 Å². The van der Waals surface area contributed by atoms with E-state index in [0.717, 1.165) is 5.88 Å². The van der Waals surface area contributed by atoms with Crippen molar-refractivity contribution in [2.24, 2.45) is 0 Å². The Balaban J connectivity index is 2.32. The molecule has 0 aliphatic carbocycles. The first-order chi connectivity index (χ1) is 8.79. The lowest BCUT2D eigenvalue weighted by Crippen LogP contribution is -2.01. The maximum Gasteiger partial charge on any atom is 0.0292 e. The second-order valence-corrected chi connectivity index (χ2v) is 6.09. The average molecular weight is 332 g/mol. The summed E-state index contributed by atoms with van der Waals surface area (Å²) in [6, 6.07) is 8.45. The van der Waals surface area contributed by atoms with E-state index in [1.807, 2.05) is 0 Å². The van der Waals surface area contributed by atoms with Crippen molar-refractivity contribution in [1.82, 2.24) is 0 Å². The molecule has 1 atom stereocenters. The summed E-state index contributed by atoms with van der Waals surface area (Å²) in [6.07, 6.45) is 9.30. The minimum Gasteiger partial charge on any atom is -0.126 e. The first-order valence-electron chi connectivity index (χ1n) is 7.10. The van der Waals surface area contributed by atoms with Gasteiger partial charge < -0.3 is 0 Å². The maximum absolute atomic E-state index is 6.12. The largest absolute Gasteiger partial charge is 0.126 e. The lowest BCUT2D eigenvalue weighted by molar-refractivity contribution is 0.558. The number of alkyl halides is 1. The molecule has 0 amide bonds. The predicted octanol–water partition coefficient (Wildman–Crippen LogP) is 6.52. The zero-order chi connectivity index (χ0) is 13.2. The number of rotatable bonds is 9. The van der Waals surface area contributed by atoms with Crippen molar-refractivity contribution in [1.29, 1.82) is 0 Å². The van der Waals surface area contributed by atoms with E-state index >= 15 is 0 Å². The molecule has 0 heterocycles. The molecule has 0 nitrogen and oxygen atoms in total. The smallest absolute Gasteiger partial charge is 0.0292 e. The third kappa shape index (κ3) is 5.75. The van der Waals surface area contributed by atoms with Crippen molar-refractivity contribution in [3.63, 3.8) is 0 Å². The molecule has 2 heteroatoms. The summed E-state index contributed by atoms with van der Waals surface area (Å²) in [5.41, 5.74) is 1.36. The number of unbranched alkanes of at least 4 members (excludes halogenated alkanes) is 5. The molecular weight excluding hydrogens is 308 g/mol. The number of hydrogen-bond acceptors (Lipinski definition) is 0. The summed E-state index contributed by atoms with van der Waals surface area (Å²) in [4.78, 5) is 0. The first-order valence-corrected chi connectivity index (χ1v) is 8.42. The molecule has 1 unspecified atom stereocenters. The maximum atomic E-state index is 6.12. The summed E-state index contributed by atoms with van der Waals surface area (Å²) < 4.78 is 1.20. The summed E-state index contributed by atoms with van der Waals surface area (Å²) in [7, 11) is 0. The Labute approximate surface area is 125 Å². The van der Waals surface area contributed by atoms with Gasteiger partial charge in [-0.2, -0.15) is 0 Å². The van der Waals surface area contributed by atoms with Crippen molar-refractivity contribution in [3.8, 4) is 0 Å². The van der Waals surface area contributed by atoms with Gasteiger partial charge >= 0.3 is 0 Å². The monoisotopic (exact) mass is 330 g/mol. The van der Waals surface area contributed by atoms with Gasteiger partial charge in [0.2, 0.25) is 0 Å². The van der Waals surface area contributed by atoms with E-state index in [4.69, 9.17) is 11.6 Å². The summed E-state index contributed by atoms with van der Waals surface area (Å²) in [5, 5.41) is 0. The number of halogens is 2.